The summed E-state index contributed by atoms with van der Waals surface area (Å²) >= 11 is 0. The normalized spacial score (nSPS) is 19.3. The van der Waals surface area contributed by atoms with Gasteiger partial charge in [0.1, 0.15) is 6.04 Å². The highest BCUT2D eigenvalue weighted by atomic mass is 19.1. The number of anilines is 1. The lowest BCUT2D eigenvalue weighted by molar-refractivity contribution is -0.133. The van der Waals surface area contributed by atoms with E-state index in [-0.39, 0.29) is 24.0 Å². The minimum absolute atomic E-state index is 0.142. The van der Waals surface area contributed by atoms with Crippen LogP contribution in [0.2, 0.25) is 0 Å². The average molecular weight is 252 g/mol. The van der Waals surface area contributed by atoms with E-state index in [9.17, 15) is 14.0 Å². The summed E-state index contributed by atoms with van der Waals surface area (Å²) in [5, 5.41) is 5.11. The molecular formula is C12H13FN2O3. The van der Waals surface area contributed by atoms with Crippen LogP contribution < -0.4 is 15.4 Å². The summed E-state index contributed by atoms with van der Waals surface area (Å²) in [6.45, 7) is 0. The minimum Gasteiger partial charge on any atom is -0.494 e. The predicted molar refractivity (Wildman–Crippen MR) is 62.7 cm³/mol. The molecule has 18 heavy (non-hydrogen) atoms. The standard InChI is InChI=1S/C12H13FN2O3/c1-18-10-4-2-7(6-8(10)13)14-9-3-5-11(16)15-12(9)17/h2,4,6,9,14H,3,5H2,1H3,(H,15,16,17). The van der Waals surface area contributed by atoms with E-state index in [1.165, 1.54) is 19.2 Å². The molecule has 6 heteroatoms. The Morgan fingerprint density at radius 1 is 1.44 bits per heavy atom. The average Bonchev–Trinajstić information content (AvgIpc) is 2.33. The molecule has 1 atom stereocenters. The third kappa shape index (κ3) is 2.58. The number of benzene rings is 1. The lowest BCUT2D eigenvalue weighted by atomic mass is 10.1. The first-order chi connectivity index (χ1) is 8.60. The molecule has 1 heterocycles. The van der Waals surface area contributed by atoms with Crippen LogP contribution >= 0.6 is 0 Å². The molecule has 5 nitrogen and oxygen atoms in total. The minimum atomic E-state index is -0.518. The molecule has 96 valence electrons. The van der Waals surface area contributed by atoms with Crippen molar-refractivity contribution in [2.24, 2.45) is 0 Å². The summed E-state index contributed by atoms with van der Waals surface area (Å²) in [6.07, 6.45) is 0.681. The molecule has 1 aliphatic rings. The van der Waals surface area contributed by atoms with Gasteiger partial charge in [-0.25, -0.2) is 4.39 Å². The van der Waals surface area contributed by atoms with Crippen LogP contribution in [-0.4, -0.2) is 25.0 Å². The smallest absolute Gasteiger partial charge is 0.249 e. The van der Waals surface area contributed by atoms with Crippen molar-refractivity contribution >= 4 is 17.5 Å². The van der Waals surface area contributed by atoms with Gasteiger partial charge in [0.15, 0.2) is 11.6 Å². The van der Waals surface area contributed by atoms with Gasteiger partial charge in [0.25, 0.3) is 0 Å². The molecule has 1 fully saturated rings. The highest BCUT2D eigenvalue weighted by Gasteiger charge is 2.26. The van der Waals surface area contributed by atoms with Crippen molar-refractivity contribution in [3.05, 3.63) is 24.0 Å². The van der Waals surface area contributed by atoms with Crippen LogP contribution in [0.5, 0.6) is 5.75 Å². The Kier molecular flexibility index (Phi) is 3.45. The molecule has 2 N–H and O–H groups in total. The van der Waals surface area contributed by atoms with Crippen molar-refractivity contribution in [2.45, 2.75) is 18.9 Å². The number of piperidine rings is 1. The third-order valence-corrected chi connectivity index (χ3v) is 2.73. The van der Waals surface area contributed by atoms with Gasteiger partial charge >= 0.3 is 0 Å². The molecule has 0 aliphatic carbocycles. The van der Waals surface area contributed by atoms with E-state index in [0.717, 1.165) is 0 Å². The SMILES string of the molecule is COc1ccc(NC2CCC(=O)NC2=O)cc1F. The van der Waals surface area contributed by atoms with Crippen LogP contribution in [0.15, 0.2) is 18.2 Å². The Hall–Kier alpha value is -2.11. The quantitative estimate of drug-likeness (QED) is 0.789. The summed E-state index contributed by atoms with van der Waals surface area (Å²) in [5.41, 5.74) is 0.475. The largest absolute Gasteiger partial charge is 0.494 e. The Labute approximate surface area is 103 Å². The van der Waals surface area contributed by atoms with Crippen molar-refractivity contribution in [1.82, 2.24) is 5.32 Å². The molecule has 1 saturated heterocycles. The molecule has 2 amide bonds. The zero-order valence-corrected chi connectivity index (χ0v) is 9.83. The van der Waals surface area contributed by atoms with Crippen LogP contribution in [0, 0.1) is 5.82 Å². The van der Waals surface area contributed by atoms with Crippen LogP contribution in [0.4, 0.5) is 10.1 Å². The zero-order chi connectivity index (χ0) is 13.1. The molecule has 1 aromatic carbocycles. The Balaban J connectivity index is 2.07. The fourth-order valence-electron chi connectivity index (χ4n) is 1.79. The Morgan fingerprint density at radius 3 is 2.83 bits per heavy atom. The number of rotatable bonds is 3. The van der Waals surface area contributed by atoms with E-state index in [1.54, 1.807) is 6.07 Å². The molecule has 2 rings (SSSR count). The van der Waals surface area contributed by atoms with E-state index in [4.69, 9.17) is 4.74 Å². The molecule has 1 aromatic rings. The molecule has 0 saturated carbocycles. The van der Waals surface area contributed by atoms with Gasteiger partial charge in [-0.3, -0.25) is 14.9 Å². The summed E-state index contributed by atoms with van der Waals surface area (Å²) in [6, 6.07) is 3.83. The van der Waals surface area contributed by atoms with Crippen LogP contribution in [0.1, 0.15) is 12.8 Å². The van der Waals surface area contributed by atoms with Gasteiger partial charge in [-0.2, -0.15) is 0 Å². The lowest BCUT2D eigenvalue weighted by Crippen LogP contribution is -2.47. The van der Waals surface area contributed by atoms with Crippen LogP contribution in [0.3, 0.4) is 0 Å². The van der Waals surface area contributed by atoms with Crippen molar-refractivity contribution in [3.63, 3.8) is 0 Å². The van der Waals surface area contributed by atoms with Gasteiger partial charge in [-0.05, 0) is 18.6 Å². The van der Waals surface area contributed by atoms with Gasteiger partial charge in [-0.15, -0.1) is 0 Å². The monoisotopic (exact) mass is 252 g/mol. The van der Waals surface area contributed by atoms with E-state index in [0.29, 0.717) is 12.1 Å². The van der Waals surface area contributed by atoms with Crippen molar-refractivity contribution in [2.75, 3.05) is 12.4 Å². The second-order valence-corrected chi connectivity index (χ2v) is 4.00. The summed E-state index contributed by atoms with van der Waals surface area (Å²) in [4.78, 5) is 22.5. The van der Waals surface area contributed by atoms with Crippen molar-refractivity contribution < 1.29 is 18.7 Å². The van der Waals surface area contributed by atoms with Crippen LogP contribution in [-0.2, 0) is 9.59 Å². The maximum Gasteiger partial charge on any atom is 0.249 e. The first-order valence-electron chi connectivity index (χ1n) is 5.54. The molecule has 0 radical (unpaired) electrons. The molecule has 0 bridgehead atoms. The number of carbonyl (C=O) groups is 2. The number of amides is 2. The lowest BCUT2D eigenvalue weighted by Gasteiger charge is -2.22. The maximum absolute atomic E-state index is 13.4. The van der Waals surface area contributed by atoms with E-state index in [2.05, 4.69) is 10.6 Å². The number of halogens is 1. The van der Waals surface area contributed by atoms with E-state index < -0.39 is 11.9 Å². The second kappa shape index (κ2) is 5.03. The Morgan fingerprint density at radius 2 is 2.22 bits per heavy atom. The van der Waals surface area contributed by atoms with Gasteiger partial charge in [0.05, 0.1) is 7.11 Å². The number of methoxy groups -OCH3 is 1. The highest BCUT2D eigenvalue weighted by Crippen LogP contribution is 2.22. The van der Waals surface area contributed by atoms with Gasteiger partial charge in [0, 0.05) is 18.2 Å². The third-order valence-electron chi connectivity index (χ3n) is 2.73. The second-order valence-electron chi connectivity index (χ2n) is 4.00. The first kappa shape index (κ1) is 12.3. The van der Waals surface area contributed by atoms with Gasteiger partial charge in [0.2, 0.25) is 11.8 Å². The predicted octanol–water partition coefficient (Wildman–Crippen LogP) is 1.05. The molecule has 1 aliphatic heterocycles. The molecule has 0 spiro atoms. The number of ether oxygens (including phenoxy) is 1. The van der Waals surface area contributed by atoms with Gasteiger partial charge in [-0.1, -0.05) is 0 Å². The topological polar surface area (TPSA) is 67.4 Å². The van der Waals surface area contributed by atoms with Crippen LogP contribution in [0.25, 0.3) is 0 Å². The summed E-state index contributed by atoms with van der Waals surface area (Å²) < 4.78 is 18.2. The number of hydrogen-bond donors (Lipinski definition) is 2. The molecular weight excluding hydrogens is 239 g/mol. The Bertz CT molecular complexity index is 490. The number of imide groups is 1. The zero-order valence-electron chi connectivity index (χ0n) is 9.83. The summed E-state index contributed by atoms with van der Waals surface area (Å²) in [5.74, 6) is -1.03. The van der Waals surface area contributed by atoms with Crippen molar-refractivity contribution in [1.29, 1.82) is 0 Å². The first-order valence-corrected chi connectivity index (χ1v) is 5.54. The fourth-order valence-corrected chi connectivity index (χ4v) is 1.79. The maximum atomic E-state index is 13.4. The number of hydrogen-bond acceptors (Lipinski definition) is 4. The molecule has 1 unspecified atom stereocenters. The van der Waals surface area contributed by atoms with E-state index in [1.807, 2.05) is 0 Å². The molecule has 0 aromatic heterocycles. The summed E-state index contributed by atoms with van der Waals surface area (Å²) in [7, 11) is 1.38. The van der Waals surface area contributed by atoms with E-state index >= 15 is 0 Å². The van der Waals surface area contributed by atoms with Crippen molar-refractivity contribution in [3.8, 4) is 5.75 Å². The number of carbonyl (C=O) groups excluding carboxylic acids is 2. The van der Waals surface area contributed by atoms with Gasteiger partial charge < -0.3 is 10.1 Å². The fraction of sp³-hybridized carbons (Fsp3) is 0.333. The number of nitrogens with one attached hydrogen (secondary N) is 2. The highest BCUT2D eigenvalue weighted by molar-refractivity contribution is 6.01.